The zero-order valence-electron chi connectivity index (χ0n) is 16.0. The van der Waals surface area contributed by atoms with E-state index in [4.69, 9.17) is 0 Å². The Morgan fingerprint density at radius 2 is 1.53 bits per heavy atom. The Hall–Kier alpha value is -3.36. The molecule has 30 heavy (non-hydrogen) atoms. The van der Waals surface area contributed by atoms with Crippen LogP contribution in [0.25, 0.3) is 0 Å². The minimum atomic E-state index is -3.93. The molecule has 3 atom stereocenters. The van der Waals surface area contributed by atoms with Crippen LogP contribution in [0.3, 0.4) is 0 Å². The molecular formula is C22H18N2O5S. The Bertz CT molecular complexity index is 1210. The molecule has 0 aliphatic carbocycles. The van der Waals surface area contributed by atoms with Gasteiger partial charge in [0, 0.05) is 17.7 Å². The lowest BCUT2D eigenvalue weighted by molar-refractivity contribution is -0.384. The van der Waals surface area contributed by atoms with Gasteiger partial charge in [-0.25, -0.2) is 8.42 Å². The van der Waals surface area contributed by atoms with Crippen molar-refractivity contribution in [2.75, 3.05) is 0 Å². The van der Waals surface area contributed by atoms with Gasteiger partial charge in [0.05, 0.1) is 15.9 Å². The molecule has 4 rings (SSSR count). The van der Waals surface area contributed by atoms with Gasteiger partial charge in [-0.3, -0.25) is 14.9 Å². The van der Waals surface area contributed by atoms with E-state index in [0.29, 0.717) is 11.1 Å². The monoisotopic (exact) mass is 422 g/mol. The maximum atomic E-state index is 13.3. The third-order valence-corrected chi connectivity index (χ3v) is 7.00. The second kappa shape index (κ2) is 7.47. The zero-order chi connectivity index (χ0) is 21.5. The number of carbonyl (C=O) groups is 1. The van der Waals surface area contributed by atoms with Crippen LogP contribution in [0.1, 0.15) is 27.5 Å². The lowest BCUT2D eigenvalue weighted by Crippen LogP contribution is -2.19. The lowest BCUT2D eigenvalue weighted by atomic mass is 10.0. The third-order valence-electron chi connectivity index (χ3n) is 5.13. The van der Waals surface area contributed by atoms with Crippen molar-refractivity contribution in [3.8, 4) is 0 Å². The number of nitro benzene ring substituents is 1. The Morgan fingerprint density at radius 3 is 2.10 bits per heavy atom. The molecule has 152 valence electrons. The van der Waals surface area contributed by atoms with E-state index in [2.05, 4.69) is 0 Å². The number of ketones is 1. The Kier molecular flexibility index (Phi) is 4.97. The molecule has 1 saturated heterocycles. The van der Waals surface area contributed by atoms with Crippen LogP contribution in [-0.4, -0.2) is 29.5 Å². The molecule has 0 radical (unpaired) electrons. The minimum absolute atomic E-state index is 0.0988. The van der Waals surface area contributed by atoms with Crippen molar-refractivity contribution in [2.45, 2.75) is 23.9 Å². The van der Waals surface area contributed by atoms with Crippen molar-refractivity contribution in [3.05, 3.63) is 106 Å². The second-order valence-electron chi connectivity index (χ2n) is 7.12. The van der Waals surface area contributed by atoms with Gasteiger partial charge in [-0.05, 0) is 24.6 Å². The Morgan fingerprint density at radius 1 is 0.933 bits per heavy atom. The van der Waals surface area contributed by atoms with Gasteiger partial charge < -0.3 is 0 Å². The topological polar surface area (TPSA) is 97.4 Å². The second-order valence-corrected chi connectivity index (χ2v) is 8.96. The summed E-state index contributed by atoms with van der Waals surface area (Å²) in [7, 11) is -3.93. The van der Waals surface area contributed by atoms with E-state index in [1.165, 1.54) is 40.7 Å². The third kappa shape index (κ3) is 3.51. The number of nitro groups is 1. The number of rotatable bonds is 6. The predicted molar refractivity (Wildman–Crippen MR) is 111 cm³/mol. The Labute approximate surface area is 173 Å². The maximum Gasteiger partial charge on any atom is 0.269 e. The maximum absolute atomic E-state index is 13.3. The summed E-state index contributed by atoms with van der Waals surface area (Å²) in [6.45, 7) is 1.86. The van der Waals surface area contributed by atoms with Gasteiger partial charge in [-0.1, -0.05) is 60.2 Å². The fourth-order valence-electron chi connectivity index (χ4n) is 3.50. The number of sulfonamides is 1. The first-order chi connectivity index (χ1) is 14.3. The van der Waals surface area contributed by atoms with E-state index in [1.54, 1.807) is 42.5 Å². The molecule has 3 aromatic carbocycles. The highest BCUT2D eigenvalue weighted by Gasteiger charge is 2.60. The summed E-state index contributed by atoms with van der Waals surface area (Å²) >= 11 is 0. The molecular weight excluding hydrogens is 404 g/mol. The highest BCUT2D eigenvalue weighted by atomic mass is 32.2. The first-order valence-electron chi connectivity index (χ1n) is 9.24. The molecule has 0 saturated carbocycles. The van der Waals surface area contributed by atoms with E-state index in [1.807, 2.05) is 6.92 Å². The van der Waals surface area contributed by atoms with Crippen LogP contribution in [0, 0.1) is 17.0 Å². The molecule has 1 unspecified atom stereocenters. The molecule has 1 aliphatic heterocycles. The molecule has 0 aromatic heterocycles. The van der Waals surface area contributed by atoms with E-state index in [9.17, 15) is 23.3 Å². The smallest absolute Gasteiger partial charge is 0.269 e. The molecule has 1 fully saturated rings. The summed E-state index contributed by atoms with van der Waals surface area (Å²) in [5.41, 5.74) is 1.77. The van der Waals surface area contributed by atoms with Crippen molar-refractivity contribution in [2.24, 2.45) is 0 Å². The van der Waals surface area contributed by atoms with Crippen molar-refractivity contribution in [3.63, 3.8) is 0 Å². The van der Waals surface area contributed by atoms with E-state index in [-0.39, 0.29) is 16.4 Å². The fraction of sp³-hybridized carbons (Fsp3) is 0.136. The highest BCUT2D eigenvalue weighted by molar-refractivity contribution is 7.89. The summed E-state index contributed by atoms with van der Waals surface area (Å²) in [5, 5.41) is 10.9. The fourth-order valence-corrected chi connectivity index (χ4v) is 5.21. The van der Waals surface area contributed by atoms with Gasteiger partial charge in [0.25, 0.3) is 5.69 Å². The summed E-state index contributed by atoms with van der Waals surface area (Å²) in [6, 6.07) is 18.9. The molecule has 1 aliphatic rings. The van der Waals surface area contributed by atoms with Crippen molar-refractivity contribution in [1.82, 2.24) is 4.31 Å². The first kappa shape index (κ1) is 19.9. The number of non-ortho nitro benzene ring substituents is 1. The number of aryl methyl sites for hydroxylation is 1. The number of benzene rings is 3. The molecule has 1 heterocycles. The standard InChI is InChI=1S/C22H18N2O5S/c1-15-7-13-19(14-8-15)30(28,29)23-20(16-9-11-18(12-10-16)24(26)27)21(23)22(25)17-5-3-2-4-6-17/h2-14,20-21H,1H3/t20-,21+,23?/m1/s1. The van der Waals surface area contributed by atoms with Crippen molar-refractivity contribution < 1.29 is 18.1 Å². The van der Waals surface area contributed by atoms with Crippen LogP contribution in [0.5, 0.6) is 0 Å². The van der Waals surface area contributed by atoms with Crippen LogP contribution in [0.2, 0.25) is 0 Å². The summed E-state index contributed by atoms with van der Waals surface area (Å²) < 4.78 is 27.7. The average molecular weight is 422 g/mol. The number of nitrogens with zero attached hydrogens (tertiary/aromatic N) is 2. The normalized spacial score (nSPS) is 20.5. The molecule has 0 spiro atoms. The Balaban J connectivity index is 1.74. The van der Waals surface area contributed by atoms with E-state index < -0.39 is 27.0 Å². The molecule has 0 amide bonds. The summed E-state index contributed by atoms with van der Waals surface area (Å²) in [4.78, 5) is 23.6. The minimum Gasteiger partial charge on any atom is -0.292 e. The molecule has 8 heteroatoms. The van der Waals surface area contributed by atoms with Crippen LogP contribution in [0.15, 0.2) is 83.8 Å². The number of carbonyl (C=O) groups excluding carboxylic acids is 1. The first-order valence-corrected chi connectivity index (χ1v) is 10.7. The van der Waals surface area contributed by atoms with Crippen molar-refractivity contribution in [1.29, 1.82) is 0 Å². The van der Waals surface area contributed by atoms with Crippen molar-refractivity contribution >= 4 is 21.5 Å². The van der Waals surface area contributed by atoms with Gasteiger partial charge in [0.1, 0.15) is 6.04 Å². The van der Waals surface area contributed by atoms with Crippen LogP contribution >= 0.6 is 0 Å². The molecule has 7 nitrogen and oxygen atoms in total. The van der Waals surface area contributed by atoms with Gasteiger partial charge >= 0.3 is 0 Å². The van der Waals surface area contributed by atoms with Crippen LogP contribution in [-0.2, 0) is 10.0 Å². The van der Waals surface area contributed by atoms with Gasteiger partial charge in [0.15, 0.2) is 5.78 Å². The number of hydrogen-bond acceptors (Lipinski definition) is 5. The molecule has 0 bridgehead atoms. The van der Waals surface area contributed by atoms with E-state index in [0.717, 1.165) is 5.56 Å². The van der Waals surface area contributed by atoms with Gasteiger partial charge in [-0.2, -0.15) is 4.31 Å². The number of hydrogen-bond donors (Lipinski definition) is 0. The molecule has 0 N–H and O–H groups in total. The van der Waals surface area contributed by atoms with E-state index >= 15 is 0 Å². The highest BCUT2D eigenvalue weighted by Crippen LogP contribution is 2.49. The quantitative estimate of drug-likeness (QED) is 0.260. The largest absolute Gasteiger partial charge is 0.292 e. The van der Waals surface area contributed by atoms with Crippen LogP contribution < -0.4 is 0 Å². The average Bonchev–Trinajstić information content (AvgIpc) is 3.51. The predicted octanol–water partition coefficient (Wildman–Crippen LogP) is 3.90. The SMILES string of the molecule is Cc1ccc(S(=O)(=O)N2[C@H](C(=O)c3ccccc3)[C@H]2c2ccc([N+](=O)[O-])cc2)cc1. The van der Waals surface area contributed by atoms with Gasteiger partial charge in [0.2, 0.25) is 10.0 Å². The summed E-state index contributed by atoms with van der Waals surface area (Å²) in [5.74, 6) is -0.311. The molecule has 3 aromatic rings. The number of Topliss-reactive ketones (excluding diaryl/α,β-unsaturated/α-hetero) is 1. The lowest BCUT2D eigenvalue weighted by Gasteiger charge is -2.07. The zero-order valence-corrected chi connectivity index (χ0v) is 16.8. The van der Waals surface area contributed by atoms with Gasteiger partial charge in [-0.15, -0.1) is 0 Å². The summed E-state index contributed by atoms with van der Waals surface area (Å²) in [6.07, 6.45) is 0. The van der Waals surface area contributed by atoms with Crippen LogP contribution in [0.4, 0.5) is 5.69 Å².